The molecule has 1 amide bonds. The summed E-state index contributed by atoms with van der Waals surface area (Å²) in [5.41, 5.74) is 3.09. The molecule has 168 valence electrons. The molecule has 1 aromatic heterocycles. The Balaban J connectivity index is 1.58. The number of carbonyl (C=O) groups is 1. The van der Waals surface area contributed by atoms with Crippen molar-refractivity contribution in [3.05, 3.63) is 102 Å². The van der Waals surface area contributed by atoms with Gasteiger partial charge in [0.05, 0.1) is 19.8 Å². The number of amides is 1. The summed E-state index contributed by atoms with van der Waals surface area (Å²) in [6.45, 7) is 0.525. The van der Waals surface area contributed by atoms with Gasteiger partial charge in [-0.15, -0.1) is 0 Å². The second kappa shape index (κ2) is 10.1. The zero-order valence-corrected chi connectivity index (χ0v) is 18.6. The van der Waals surface area contributed by atoms with Gasteiger partial charge in [0.1, 0.15) is 12.1 Å². The monoisotopic (exact) mass is 442 g/mol. The second-order valence-corrected chi connectivity index (χ2v) is 7.75. The Kier molecular flexibility index (Phi) is 6.80. The highest BCUT2D eigenvalue weighted by molar-refractivity contribution is 5.94. The van der Waals surface area contributed by atoms with E-state index in [-0.39, 0.29) is 12.5 Å². The second-order valence-electron chi connectivity index (χ2n) is 7.75. The molecule has 7 nitrogen and oxygen atoms in total. The fourth-order valence-electron chi connectivity index (χ4n) is 3.69. The third-order valence-corrected chi connectivity index (χ3v) is 5.48. The Morgan fingerprint density at radius 1 is 1.06 bits per heavy atom. The molecule has 0 radical (unpaired) electrons. The van der Waals surface area contributed by atoms with Crippen molar-refractivity contribution in [3.8, 4) is 17.1 Å². The van der Waals surface area contributed by atoms with Crippen LogP contribution in [-0.2, 0) is 13.6 Å². The van der Waals surface area contributed by atoms with Gasteiger partial charge >= 0.3 is 0 Å². The summed E-state index contributed by atoms with van der Waals surface area (Å²) in [5, 5.41) is 15.0. The van der Waals surface area contributed by atoms with Gasteiger partial charge in [0, 0.05) is 24.7 Å². The topological polar surface area (TPSA) is 80.5 Å². The number of aliphatic hydroxyl groups excluding tert-OH is 1. The van der Waals surface area contributed by atoms with Crippen LogP contribution in [0.1, 0.15) is 27.6 Å². The van der Waals surface area contributed by atoms with Gasteiger partial charge in [-0.2, -0.15) is 5.10 Å². The number of benzene rings is 3. The first-order valence-corrected chi connectivity index (χ1v) is 10.6. The minimum Gasteiger partial charge on any atom is -0.497 e. The molecule has 0 spiro atoms. The van der Waals surface area contributed by atoms with Crippen molar-refractivity contribution in [1.29, 1.82) is 0 Å². The SMILES string of the molecule is COc1cccc(C(O)CN(Cc2ccccc2)C(=O)c2ccc(-c3ncnn3C)cc2)c1. The Hall–Kier alpha value is -3.97. The van der Waals surface area contributed by atoms with Gasteiger partial charge in [0.25, 0.3) is 5.91 Å². The Morgan fingerprint density at radius 3 is 2.48 bits per heavy atom. The van der Waals surface area contributed by atoms with Gasteiger partial charge in [-0.1, -0.05) is 54.6 Å². The van der Waals surface area contributed by atoms with Crippen LogP contribution in [0.25, 0.3) is 11.4 Å². The van der Waals surface area contributed by atoms with Crippen LogP contribution in [0.2, 0.25) is 0 Å². The summed E-state index contributed by atoms with van der Waals surface area (Å²) in [4.78, 5) is 19.4. The van der Waals surface area contributed by atoms with E-state index in [2.05, 4.69) is 10.1 Å². The number of rotatable bonds is 8. The smallest absolute Gasteiger partial charge is 0.254 e. The molecule has 0 aliphatic heterocycles. The lowest BCUT2D eigenvalue weighted by molar-refractivity contribution is 0.0603. The van der Waals surface area contributed by atoms with Gasteiger partial charge in [0.15, 0.2) is 5.82 Å². The highest BCUT2D eigenvalue weighted by Gasteiger charge is 2.21. The third-order valence-electron chi connectivity index (χ3n) is 5.48. The fourth-order valence-corrected chi connectivity index (χ4v) is 3.69. The van der Waals surface area contributed by atoms with Gasteiger partial charge in [-0.3, -0.25) is 4.79 Å². The van der Waals surface area contributed by atoms with E-state index in [0.717, 1.165) is 17.0 Å². The maximum Gasteiger partial charge on any atom is 0.254 e. The van der Waals surface area contributed by atoms with Crippen molar-refractivity contribution in [3.63, 3.8) is 0 Å². The van der Waals surface area contributed by atoms with Crippen molar-refractivity contribution < 1.29 is 14.6 Å². The summed E-state index contributed by atoms with van der Waals surface area (Å²) in [6, 6.07) is 24.3. The van der Waals surface area contributed by atoms with Crippen LogP contribution in [0.15, 0.2) is 85.2 Å². The van der Waals surface area contributed by atoms with Gasteiger partial charge in [-0.05, 0) is 35.4 Å². The van der Waals surface area contributed by atoms with E-state index in [0.29, 0.717) is 23.4 Å². The summed E-state index contributed by atoms with van der Waals surface area (Å²) in [5.74, 6) is 1.22. The van der Waals surface area contributed by atoms with E-state index in [1.54, 1.807) is 34.9 Å². The number of nitrogens with zero attached hydrogens (tertiary/aromatic N) is 4. The first kappa shape index (κ1) is 22.2. The lowest BCUT2D eigenvalue weighted by atomic mass is 10.1. The first-order chi connectivity index (χ1) is 16.0. The Bertz CT molecular complexity index is 1210. The number of aliphatic hydroxyl groups is 1. The minimum atomic E-state index is -0.856. The van der Waals surface area contributed by atoms with Crippen LogP contribution >= 0.6 is 0 Å². The van der Waals surface area contributed by atoms with E-state index in [1.807, 2.05) is 67.7 Å². The quantitative estimate of drug-likeness (QED) is 0.448. The number of aryl methyl sites for hydroxylation is 1. The van der Waals surface area contributed by atoms with Crippen molar-refractivity contribution >= 4 is 5.91 Å². The summed E-state index contributed by atoms with van der Waals surface area (Å²) in [6.07, 6.45) is 0.640. The van der Waals surface area contributed by atoms with Crippen LogP contribution in [0, 0.1) is 0 Å². The molecule has 1 atom stereocenters. The van der Waals surface area contributed by atoms with Gasteiger partial charge in [0.2, 0.25) is 0 Å². The molecule has 3 aromatic carbocycles. The van der Waals surface area contributed by atoms with E-state index < -0.39 is 6.10 Å². The van der Waals surface area contributed by atoms with Gasteiger partial charge in [-0.25, -0.2) is 9.67 Å². The zero-order chi connectivity index (χ0) is 23.2. The number of methoxy groups -OCH3 is 1. The average molecular weight is 443 g/mol. The fraction of sp³-hybridized carbons (Fsp3) is 0.192. The molecule has 4 rings (SSSR count). The van der Waals surface area contributed by atoms with Crippen LogP contribution < -0.4 is 4.74 Å². The maximum absolute atomic E-state index is 13.5. The molecule has 4 aromatic rings. The molecular formula is C26H26N4O3. The Labute approximate surface area is 192 Å². The molecular weight excluding hydrogens is 416 g/mol. The summed E-state index contributed by atoms with van der Waals surface area (Å²) >= 11 is 0. The van der Waals surface area contributed by atoms with E-state index in [1.165, 1.54) is 6.33 Å². The lowest BCUT2D eigenvalue weighted by Gasteiger charge is -2.26. The predicted octanol–water partition coefficient (Wildman–Crippen LogP) is 3.87. The van der Waals surface area contributed by atoms with E-state index >= 15 is 0 Å². The number of aromatic nitrogens is 3. The van der Waals surface area contributed by atoms with Crippen LogP contribution in [0.5, 0.6) is 5.75 Å². The lowest BCUT2D eigenvalue weighted by Crippen LogP contribution is -2.34. The highest BCUT2D eigenvalue weighted by Crippen LogP contribution is 2.23. The number of carbonyl (C=O) groups excluding carboxylic acids is 1. The zero-order valence-electron chi connectivity index (χ0n) is 18.6. The van der Waals surface area contributed by atoms with Crippen molar-refractivity contribution in [2.75, 3.05) is 13.7 Å². The third kappa shape index (κ3) is 5.27. The molecule has 0 saturated carbocycles. The van der Waals surface area contributed by atoms with Crippen LogP contribution in [0.4, 0.5) is 0 Å². The Morgan fingerprint density at radius 2 is 1.82 bits per heavy atom. The molecule has 0 aliphatic rings. The number of hydrogen-bond acceptors (Lipinski definition) is 5. The summed E-state index contributed by atoms with van der Waals surface area (Å²) < 4.78 is 6.95. The molecule has 1 N–H and O–H groups in total. The molecule has 33 heavy (non-hydrogen) atoms. The minimum absolute atomic E-state index is 0.145. The van der Waals surface area contributed by atoms with E-state index in [9.17, 15) is 9.90 Å². The van der Waals surface area contributed by atoms with Crippen molar-refractivity contribution in [2.24, 2.45) is 7.05 Å². The number of hydrogen-bond donors (Lipinski definition) is 1. The largest absolute Gasteiger partial charge is 0.497 e. The molecule has 1 unspecified atom stereocenters. The van der Waals surface area contributed by atoms with Gasteiger partial charge < -0.3 is 14.7 Å². The molecule has 0 aliphatic carbocycles. The highest BCUT2D eigenvalue weighted by atomic mass is 16.5. The standard InChI is InChI=1S/C26H26N4O3/c1-29-25(27-18-28-29)20-11-13-21(14-12-20)26(32)30(16-19-7-4-3-5-8-19)17-24(31)22-9-6-10-23(15-22)33-2/h3-15,18,24,31H,16-17H2,1-2H3. The average Bonchev–Trinajstić information content (AvgIpc) is 3.29. The number of ether oxygens (including phenoxy) is 1. The summed E-state index contributed by atoms with van der Waals surface area (Å²) in [7, 11) is 3.41. The molecule has 1 heterocycles. The molecule has 7 heteroatoms. The molecule has 0 fully saturated rings. The first-order valence-electron chi connectivity index (χ1n) is 10.6. The van der Waals surface area contributed by atoms with Crippen molar-refractivity contribution in [2.45, 2.75) is 12.6 Å². The van der Waals surface area contributed by atoms with E-state index in [4.69, 9.17) is 4.74 Å². The van der Waals surface area contributed by atoms with Crippen LogP contribution in [0.3, 0.4) is 0 Å². The normalized spacial score (nSPS) is 11.7. The predicted molar refractivity (Wildman–Crippen MR) is 126 cm³/mol. The van der Waals surface area contributed by atoms with Crippen molar-refractivity contribution in [1.82, 2.24) is 19.7 Å². The molecule has 0 bridgehead atoms. The van der Waals surface area contributed by atoms with Crippen LogP contribution in [-0.4, -0.2) is 44.3 Å². The maximum atomic E-state index is 13.5. The molecule has 0 saturated heterocycles.